The van der Waals surface area contributed by atoms with Gasteiger partial charge >= 0.3 is 0 Å². The highest BCUT2D eigenvalue weighted by molar-refractivity contribution is 5.61. The van der Waals surface area contributed by atoms with Crippen LogP contribution in [0.5, 0.6) is 0 Å². The van der Waals surface area contributed by atoms with E-state index in [1.54, 1.807) is 37.8 Å². The summed E-state index contributed by atoms with van der Waals surface area (Å²) >= 11 is 0. The van der Waals surface area contributed by atoms with Crippen molar-refractivity contribution >= 4 is 11.3 Å². The molecule has 8 heteroatoms. The van der Waals surface area contributed by atoms with Gasteiger partial charge in [0.2, 0.25) is 0 Å². The minimum atomic E-state index is -0.532. The number of fused-ring (bicyclic) bond motifs is 1. The second-order valence-corrected chi connectivity index (χ2v) is 5.87. The topological polar surface area (TPSA) is 79.3 Å². The van der Waals surface area contributed by atoms with Crippen LogP contribution in [0.4, 0.5) is 10.1 Å². The van der Waals surface area contributed by atoms with E-state index in [0.717, 1.165) is 0 Å². The van der Waals surface area contributed by atoms with E-state index in [0.29, 0.717) is 30.1 Å². The maximum absolute atomic E-state index is 14.1. The number of nitriles is 1. The molecule has 7 nitrogen and oxygen atoms in total. The maximum atomic E-state index is 14.1. The van der Waals surface area contributed by atoms with Crippen molar-refractivity contribution in [1.29, 1.82) is 5.26 Å². The number of hydrogen-bond donors (Lipinski definition) is 0. The molecule has 3 aromatic rings. The molecule has 1 aliphatic rings. The molecular formula is C17H15FN6O. The third-order valence-electron chi connectivity index (χ3n) is 4.55. The van der Waals surface area contributed by atoms with Crippen molar-refractivity contribution < 1.29 is 9.13 Å². The lowest BCUT2D eigenvalue weighted by Gasteiger charge is -2.26. The minimum Gasteiger partial charge on any atom is -0.380 e. The van der Waals surface area contributed by atoms with Gasteiger partial charge in [-0.05, 0) is 12.1 Å². The summed E-state index contributed by atoms with van der Waals surface area (Å²) in [5.74, 6) is 0.181. The van der Waals surface area contributed by atoms with Gasteiger partial charge in [-0.2, -0.15) is 5.26 Å². The maximum Gasteiger partial charge on any atom is 0.179 e. The molecule has 2 aromatic heterocycles. The Morgan fingerprint density at radius 3 is 3.04 bits per heavy atom. The first kappa shape index (κ1) is 15.5. The Balaban J connectivity index is 1.83. The highest BCUT2D eigenvalue weighted by Crippen LogP contribution is 2.38. The van der Waals surface area contributed by atoms with Crippen LogP contribution in [0.2, 0.25) is 0 Å². The molecule has 0 bridgehead atoms. The highest BCUT2D eigenvalue weighted by atomic mass is 19.1. The van der Waals surface area contributed by atoms with E-state index in [1.807, 2.05) is 15.4 Å². The number of halogens is 1. The van der Waals surface area contributed by atoms with Gasteiger partial charge in [0, 0.05) is 32.5 Å². The molecule has 0 aliphatic carbocycles. The van der Waals surface area contributed by atoms with Crippen LogP contribution in [-0.4, -0.2) is 39.3 Å². The second kappa shape index (κ2) is 6.11. The molecule has 0 saturated carbocycles. The largest absolute Gasteiger partial charge is 0.380 e. The van der Waals surface area contributed by atoms with E-state index in [4.69, 9.17) is 4.74 Å². The molecule has 0 unspecified atom stereocenters. The van der Waals surface area contributed by atoms with Crippen LogP contribution in [0, 0.1) is 17.1 Å². The summed E-state index contributed by atoms with van der Waals surface area (Å²) in [7, 11) is 1.65. The van der Waals surface area contributed by atoms with Gasteiger partial charge in [0.25, 0.3) is 0 Å². The Morgan fingerprint density at radius 1 is 1.36 bits per heavy atom. The van der Waals surface area contributed by atoms with Crippen molar-refractivity contribution in [2.45, 2.75) is 18.6 Å². The summed E-state index contributed by atoms with van der Waals surface area (Å²) in [6.45, 7) is 0.541. The molecule has 3 heterocycles. The zero-order valence-corrected chi connectivity index (χ0v) is 13.5. The summed E-state index contributed by atoms with van der Waals surface area (Å²) in [5.41, 5.74) is 1.20. The van der Waals surface area contributed by atoms with Gasteiger partial charge in [0.1, 0.15) is 17.4 Å². The van der Waals surface area contributed by atoms with Gasteiger partial charge in [-0.1, -0.05) is 6.07 Å². The lowest BCUT2D eigenvalue weighted by molar-refractivity contribution is 0.118. The van der Waals surface area contributed by atoms with E-state index in [2.05, 4.69) is 15.2 Å². The van der Waals surface area contributed by atoms with Crippen LogP contribution >= 0.6 is 0 Å². The quantitative estimate of drug-likeness (QED) is 0.728. The monoisotopic (exact) mass is 338 g/mol. The zero-order valence-electron chi connectivity index (χ0n) is 13.5. The van der Waals surface area contributed by atoms with Gasteiger partial charge in [-0.15, -0.1) is 10.2 Å². The van der Waals surface area contributed by atoms with Crippen molar-refractivity contribution in [2.75, 3.05) is 18.6 Å². The summed E-state index contributed by atoms with van der Waals surface area (Å²) in [6.07, 6.45) is 5.71. The van der Waals surface area contributed by atoms with Crippen molar-refractivity contribution in [3.05, 3.63) is 54.0 Å². The van der Waals surface area contributed by atoms with Crippen molar-refractivity contribution in [3.8, 4) is 6.07 Å². The van der Waals surface area contributed by atoms with Crippen LogP contribution < -0.4 is 4.90 Å². The molecule has 0 amide bonds. The first-order valence-corrected chi connectivity index (χ1v) is 7.85. The van der Waals surface area contributed by atoms with Crippen LogP contribution in [0.1, 0.15) is 23.9 Å². The fraction of sp³-hybridized carbons (Fsp3) is 0.294. The average Bonchev–Trinajstić information content (AvgIpc) is 3.25. The molecule has 4 rings (SSSR count). The number of methoxy groups -OCH3 is 1. The smallest absolute Gasteiger partial charge is 0.179 e. The van der Waals surface area contributed by atoms with E-state index in [1.165, 1.54) is 6.07 Å². The van der Waals surface area contributed by atoms with Crippen LogP contribution in [0.3, 0.4) is 0 Å². The predicted octanol–water partition coefficient (Wildman–Crippen LogP) is 2.10. The molecule has 25 heavy (non-hydrogen) atoms. The molecule has 126 valence electrons. The van der Waals surface area contributed by atoms with Crippen LogP contribution in [0.25, 0.3) is 5.65 Å². The molecule has 0 N–H and O–H groups in total. The average molecular weight is 338 g/mol. The first-order valence-electron chi connectivity index (χ1n) is 7.85. The Bertz CT molecular complexity index is 965. The molecular weight excluding hydrogens is 323 g/mol. The Kier molecular flexibility index (Phi) is 3.78. The molecule has 1 aliphatic heterocycles. The van der Waals surface area contributed by atoms with Crippen LogP contribution in [0.15, 0.2) is 36.8 Å². The lowest BCUT2D eigenvalue weighted by Crippen LogP contribution is -2.27. The fourth-order valence-corrected chi connectivity index (χ4v) is 3.34. The van der Waals surface area contributed by atoms with Gasteiger partial charge < -0.3 is 9.64 Å². The third kappa shape index (κ3) is 2.49. The number of anilines is 1. The second-order valence-electron chi connectivity index (χ2n) is 5.87. The van der Waals surface area contributed by atoms with Crippen molar-refractivity contribution in [1.82, 2.24) is 19.6 Å². The number of aromatic nitrogens is 4. The molecule has 2 atom stereocenters. The summed E-state index contributed by atoms with van der Waals surface area (Å²) in [6, 6.07) is 6.43. The number of benzene rings is 1. The van der Waals surface area contributed by atoms with Crippen molar-refractivity contribution in [2.24, 2.45) is 0 Å². The standard InChI is InChI=1S/C17H15FN6O/c1-25-11-7-15(17-22-21-16-9-20-5-6-23(16)17)24(10-11)14-4-2-3-13(18)12(14)8-19/h2-6,9,11,15H,7,10H2,1H3/t11-,15+/m1/s1. The van der Waals surface area contributed by atoms with E-state index in [-0.39, 0.29) is 17.7 Å². The zero-order chi connectivity index (χ0) is 17.4. The van der Waals surface area contributed by atoms with Crippen LogP contribution in [-0.2, 0) is 4.74 Å². The summed E-state index contributed by atoms with van der Waals surface area (Å²) < 4.78 is 21.5. The van der Waals surface area contributed by atoms with Gasteiger partial charge in [0.15, 0.2) is 11.5 Å². The van der Waals surface area contributed by atoms with Gasteiger partial charge in [0.05, 0.1) is 24.0 Å². The Hall–Kier alpha value is -3.05. The van der Waals surface area contributed by atoms with Gasteiger partial charge in [-0.25, -0.2) is 4.39 Å². The summed E-state index contributed by atoms with van der Waals surface area (Å²) in [5, 5.41) is 17.8. The first-order chi connectivity index (χ1) is 12.2. The number of ether oxygens (including phenoxy) is 1. The SMILES string of the molecule is CO[C@@H]1C[C@@H](c2nnc3cnccn23)N(c2cccc(F)c2C#N)C1. The molecule has 0 radical (unpaired) electrons. The fourth-order valence-electron chi connectivity index (χ4n) is 3.34. The molecule has 0 spiro atoms. The lowest BCUT2D eigenvalue weighted by atomic mass is 10.1. The normalized spacial score (nSPS) is 20.1. The minimum absolute atomic E-state index is 0.0275. The highest BCUT2D eigenvalue weighted by Gasteiger charge is 2.37. The predicted molar refractivity (Wildman–Crippen MR) is 87.4 cm³/mol. The number of nitrogens with zero attached hydrogens (tertiary/aromatic N) is 6. The molecule has 1 saturated heterocycles. The molecule has 1 fully saturated rings. The third-order valence-corrected chi connectivity index (χ3v) is 4.55. The van der Waals surface area contributed by atoms with E-state index in [9.17, 15) is 9.65 Å². The van der Waals surface area contributed by atoms with E-state index < -0.39 is 5.82 Å². The number of hydrogen-bond acceptors (Lipinski definition) is 6. The van der Waals surface area contributed by atoms with Gasteiger partial charge in [-0.3, -0.25) is 9.38 Å². The summed E-state index contributed by atoms with van der Waals surface area (Å²) in [4.78, 5) is 6.01. The molecule has 1 aromatic carbocycles. The Morgan fingerprint density at radius 2 is 2.24 bits per heavy atom. The Labute approximate surface area is 143 Å². The van der Waals surface area contributed by atoms with E-state index >= 15 is 0 Å². The number of rotatable bonds is 3. The van der Waals surface area contributed by atoms with Crippen molar-refractivity contribution in [3.63, 3.8) is 0 Å².